The van der Waals surface area contributed by atoms with E-state index < -0.39 is 0 Å². The third kappa shape index (κ3) is 2.74. The Morgan fingerprint density at radius 3 is 2.75 bits per heavy atom. The third-order valence-electron chi connectivity index (χ3n) is 3.68. The molecule has 0 saturated carbocycles. The zero-order chi connectivity index (χ0) is 11.5. The molecule has 2 heterocycles. The van der Waals surface area contributed by atoms with Gasteiger partial charge in [0.2, 0.25) is 0 Å². The first-order valence-electron chi connectivity index (χ1n) is 6.30. The van der Waals surface area contributed by atoms with Gasteiger partial charge in [0.1, 0.15) is 0 Å². The molecule has 2 aliphatic heterocycles. The molecule has 2 saturated heterocycles. The lowest BCUT2D eigenvalue weighted by Crippen LogP contribution is -2.51. The predicted molar refractivity (Wildman–Crippen MR) is 61.4 cm³/mol. The van der Waals surface area contributed by atoms with Gasteiger partial charge in [-0.25, -0.2) is 0 Å². The Balaban J connectivity index is 1.87. The fraction of sp³-hybridized carbons (Fsp3) is 1.00. The van der Waals surface area contributed by atoms with Gasteiger partial charge in [0.05, 0.1) is 25.4 Å². The fourth-order valence-corrected chi connectivity index (χ4v) is 2.50. The monoisotopic (exact) mass is 229 g/mol. The predicted octanol–water partition coefficient (Wildman–Crippen LogP) is 0.493. The molecule has 0 amide bonds. The SMILES string of the molecule is CC(C)N1CCOC(C(O)C2CCOC2)C1. The summed E-state index contributed by atoms with van der Waals surface area (Å²) < 4.78 is 11.0. The lowest BCUT2D eigenvalue weighted by atomic mass is 9.96. The molecule has 2 aliphatic rings. The van der Waals surface area contributed by atoms with Crippen LogP contribution in [0, 0.1) is 5.92 Å². The summed E-state index contributed by atoms with van der Waals surface area (Å²) in [6.45, 7) is 8.39. The van der Waals surface area contributed by atoms with E-state index in [4.69, 9.17) is 9.47 Å². The van der Waals surface area contributed by atoms with Crippen molar-refractivity contribution in [3.8, 4) is 0 Å². The smallest absolute Gasteiger partial charge is 0.0964 e. The zero-order valence-electron chi connectivity index (χ0n) is 10.3. The van der Waals surface area contributed by atoms with Crippen LogP contribution in [0.4, 0.5) is 0 Å². The normalized spacial score (nSPS) is 34.5. The van der Waals surface area contributed by atoms with Gasteiger partial charge in [0, 0.05) is 31.7 Å². The average Bonchev–Trinajstić information content (AvgIpc) is 2.81. The maximum absolute atomic E-state index is 10.2. The molecule has 2 rings (SSSR count). The summed E-state index contributed by atoms with van der Waals surface area (Å²) in [6, 6.07) is 0.526. The molecule has 0 radical (unpaired) electrons. The van der Waals surface area contributed by atoms with E-state index in [1.54, 1.807) is 0 Å². The van der Waals surface area contributed by atoms with Gasteiger partial charge < -0.3 is 14.6 Å². The van der Waals surface area contributed by atoms with Gasteiger partial charge in [-0.1, -0.05) is 0 Å². The molecule has 2 fully saturated rings. The van der Waals surface area contributed by atoms with Crippen molar-refractivity contribution >= 4 is 0 Å². The van der Waals surface area contributed by atoms with Crippen LogP contribution in [0.5, 0.6) is 0 Å². The number of hydrogen-bond donors (Lipinski definition) is 1. The number of nitrogens with zero attached hydrogens (tertiary/aromatic N) is 1. The molecule has 0 aromatic heterocycles. The summed E-state index contributed by atoms with van der Waals surface area (Å²) in [6.07, 6.45) is 0.551. The van der Waals surface area contributed by atoms with Gasteiger partial charge in [-0.15, -0.1) is 0 Å². The molecule has 0 aliphatic carbocycles. The van der Waals surface area contributed by atoms with Crippen molar-refractivity contribution < 1.29 is 14.6 Å². The van der Waals surface area contributed by atoms with Crippen molar-refractivity contribution in [1.29, 1.82) is 0 Å². The summed E-state index contributed by atoms with van der Waals surface area (Å²) >= 11 is 0. The van der Waals surface area contributed by atoms with Gasteiger partial charge in [-0.05, 0) is 20.3 Å². The van der Waals surface area contributed by atoms with E-state index in [0.717, 1.165) is 32.7 Å². The van der Waals surface area contributed by atoms with E-state index in [1.165, 1.54) is 0 Å². The molecule has 0 bridgehead atoms. The Kier molecular flexibility index (Phi) is 4.19. The second-order valence-electron chi connectivity index (χ2n) is 5.11. The van der Waals surface area contributed by atoms with Crippen LogP contribution in [0.1, 0.15) is 20.3 Å². The van der Waals surface area contributed by atoms with Crippen LogP contribution in [0.25, 0.3) is 0 Å². The molecule has 0 spiro atoms. The molecule has 4 nitrogen and oxygen atoms in total. The van der Waals surface area contributed by atoms with Crippen molar-refractivity contribution in [2.75, 3.05) is 32.9 Å². The van der Waals surface area contributed by atoms with Gasteiger partial charge >= 0.3 is 0 Å². The Labute approximate surface area is 97.5 Å². The highest BCUT2D eigenvalue weighted by Gasteiger charge is 2.34. The summed E-state index contributed by atoms with van der Waals surface area (Å²) in [7, 11) is 0. The Morgan fingerprint density at radius 2 is 2.12 bits per heavy atom. The molecule has 4 heteroatoms. The van der Waals surface area contributed by atoms with E-state index in [2.05, 4.69) is 18.7 Å². The highest BCUT2D eigenvalue weighted by atomic mass is 16.5. The Morgan fingerprint density at radius 1 is 1.31 bits per heavy atom. The van der Waals surface area contributed by atoms with E-state index in [-0.39, 0.29) is 18.1 Å². The van der Waals surface area contributed by atoms with Crippen LogP contribution < -0.4 is 0 Å². The van der Waals surface area contributed by atoms with Crippen molar-refractivity contribution in [2.24, 2.45) is 5.92 Å². The molecule has 0 aromatic carbocycles. The topological polar surface area (TPSA) is 41.9 Å². The van der Waals surface area contributed by atoms with Gasteiger partial charge in [-0.3, -0.25) is 4.90 Å². The summed E-state index contributed by atoms with van der Waals surface area (Å²) in [5.74, 6) is 0.261. The minimum Gasteiger partial charge on any atom is -0.390 e. The highest BCUT2D eigenvalue weighted by Crippen LogP contribution is 2.23. The lowest BCUT2D eigenvalue weighted by Gasteiger charge is -2.38. The second-order valence-corrected chi connectivity index (χ2v) is 5.11. The van der Waals surface area contributed by atoms with Crippen molar-refractivity contribution in [2.45, 2.75) is 38.5 Å². The van der Waals surface area contributed by atoms with E-state index >= 15 is 0 Å². The number of aliphatic hydroxyl groups excluding tert-OH is 1. The quantitative estimate of drug-likeness (QED) is 0.765. The van der Waals surface area contributed by atoms with Crippen LogP contribution in [0.15, 0.2) is 0 Å². The molecule has 94 valence electrons. The molecule has 3 unspecified atom stereocenters. The largest absolute Gasteiger partial charge is 0.390 e. The van der Waals surface area contributed by atoms with E-state index in [1.807, 2.05) is 0 Å². The minimum absolute atomic E-state index is 0.0390. The van der Waals surface area contributed by atoms with Gasteiger partial charge in [-0.2, -0.15) is 0 Å². The maximum Gasteiger partial charge on any atom is 0.0964 e. The first kappa shape index (κ1) is 12.3. The Hall–Kier alpha value is -0.160. The van der Waals surface area contributed by atoms with E-state index in [0.29, 0.717) is 12.6 Å². The first-order chi connectivity index (χ1) is 7.68. The van der Waals surface area contributed by atoms with Crippen LogP contribution in [-0.4, -0.2) is 61.2 Å². The maximum atomic E-state index is 10.2. The molecular formula is C12H23NO3. The van der Waals surface area contributed by atoms with Crippen LogP contribution in [0.3, 0.4) is 0 Å². The van der Waals surface area contributed by atoms with Gasteiger partial charge in [0.15, 0.2) is 0 Å². The van der Waals surface area contributed by atoms with Crippen molar-refractivity contribution in [3.63, 3.8) is 0 Å². The standard InChI is InChI=1S/C12H23NO3/c1-9(2)13-4-6-16-11(7-13)12(14)10-3-5-15-8-10/h9-12,14H,3-8H2,1-2H3. The summed E-state index contributed by atoms with van der Waals surface area (Å²) in [4.78, 5) is 2.37. The first-order valence-corrected chi connectivity index (χ1v) is 6.30. The number of rotatable bonds is 3. The number of ether oxygens (including phenoxy) is 2. The van der Waals surface area contributed by atoms with Crippen LogP contribution >= 0.6 is 0 Å². The zero-order valence-corrected chi connectivity index (χ0v) is 10.3. The number of morpholine rings is 1. The van der Waals surface area contributed by atoms with Crippen molar-refractivity contribution in [3.05, 3.63) is 0 Å². The molecule has 1 N–H and O–H groups in total. The Bertz CT molecular complexity index is 216. The third-order valence-corrected chi connectivity index (χ3v) is 3.68. The summed E-state index contributed by atoms with van der Waals surface area (Å²) in [5, 5.41) is 10.2. The molecule has 0 aromatic rings. The van der Waals surface area contributed by atoms with Crippen LogP contribution in [0.2, 0.25) is 0 Å². The number of hydrogen-bond acceptors (Lipinski definition) is 4. The molecule has 16 heavy (non-hydrogen) atoms. The van der Waals surface area contributed by atoms with Crippen LogP contribution in [-0.2, 0) is 9.47 Å². The van der Waals surface area contributed by atoms with E-state index in [9.17, 15) is 5.11 Å². The highest BCUT2D eigenvalue weighted by molar-refractivity contribution is 4.85. The molecular weight excluding hydrogens is 206 g/mol. The van der Waals surface area contributed by atoms with Crippen molar-refractivity contribution in [1.82, 2.24) is 4.90 Å². The second kappa shape index (κ2) is 5.45. The lowest BCUT2D eigenvalue weighted by molar-refractivity contribution is -0.111. The minimum atomic E-state index is -0.371. The van der Waals surface area contributed by atoms with Gasteiger partial charge in [0.25, 0.3) is 0 Å². The summed E-state index contributed by atoms with van der Waals surface area (Å²) in [5.41, 5.74) is 0. The average molecular weight is 229 g/mol. The molecule has 3 atom stereocenters. The fourth-order valence-electron chi connectivity index (χ4n) is 2.50. The number of aliphatic hydroxyl groups is 1.